The second kappa shape index (κ2) is 13.8. The minimum Gasteiger partial charge on any atom is -0.492 e. The number of pyridine rings is 1. The molecular formula is C30H32ClNO7S. The predicted octanol–water partition coefficient (Wildman–Crippen LogP) is 5.79. The van der Waals surface area contributed by atoms with Gasteiger partial charge in [0.2, 0.25) is 0 Å². The molecule has 1 atom stereocenters. The third-order valence-corrected chi connectivity index (χ3v) is 7.80. The van der Waals surface area contributed by atoms with E-state index < -0.39 is 11.4 Å². The quantitative estimate of drug-likeness (QED) is 0.206. The Bertz CT molecular complexity index is 1410. The van der Waals surface area contributed by atoms with Gasteiger partial charge in [-0.2, -0.15) is 11.8 Å². The third kappa shape index (κ3) is 7.20. The third-order valence-electron chi connectivity index (χ3n) is 6.48. The lowest BCUT2D eigenvalue weighted by Crippen LogP contribution is -2.26. The van der Waals surface area contributed by atoms with Gasteiger partial charge in [0.1, 0.15) is 30.3 Å². The van der Waals surface area contributed by atoms with Crippen molar-refractivity contribution in [3.05, 3.63) is 81.1 Å². The fourth-order valence-corrected chi connectivity index (χ4v) is 5.25. The van der Waals surface area contributed by atoms with Crippen LogP contribution < -0.4 is 14.9 Å². The van der Waals surface area contributed by atoms with E-state index in [0.29, 0.717) is 53.2 Å². The molecule has 0 fully saturated rings. The summed E-state index contributed by atoms with van der Waals surface area (Å²) in [6.45, 7) is 5.10. The van der Waals surface area contributed by atoms with E-state index in [9.17, 15) is 14.4 Å². The van der Waals surface area contributed by atoms with Crippen LogP contribution in [0.5, 0.6) is 11.5 Å². The van der Waals surface area contributed by atoms with Crippen LogP contribution in [0.1, 0.15) is 42.2 Å². The van der Waals surface area contributed by atoms with E-state index in [1.54, 1.807) is 18.3 Å². The van der Waals surface area contributed by atoms with Crippen molar-refractivity contribution in [1.82, 2.24) is 4.57 Å². The van der Waals surface area contributed by atoms with Gasteiger partial charge in [-0.25, -0.2) is 4.79 Å². The fraction of sp³-hybridized carbons (Fsp3) is 0.367. The number of hydrogen-bond donors (Lipinski definition) is 0. The van der Waals surface area contributed by atoms with Crippen molar-refractivity contribution in [3.8, 4) is 22.8 Å². The molecule has 212 valence electrons. The van der Waals surface area contributed by atoms with Gasteiger partial charge in [-0.15, -0.1) is 0 Å². The van der Waals surface area contributed by atoms with Crippen LogP contribution in [-0.2, 0) is 20.9 Å². The molecule has 0 bridgehead atoms. The molecule has 4 rings (SSSR count). The summed E-state index contributed by atoms with van der Waals surface area (Å²) in [5, 5.41) is 0.374. The Hall–Kier alpha value is -3.43. The number of nitrogens with zero attached hydrogens (tertiary/aromatic N) is 1. The SMILES string of the molecule is COC(=O)c1cn2c(cc1=O)-c1cc(Cl)c(OCCCSCC(=O)OCc3ccccc3)cc1OC[C@H]2C(C)C. The second-order valence-electron chi connectivity index (χ2n) is 9.64. The molecule has 0 radical (unpaired) electrons. The van der Waals surface area contributed by atoms with Crippen molar-refractivity contribution in [2.75, 3.05) is 31.8 Å². The second-order valence-corrected chi connectivity index (χ2v) is 11.1. The van der Waals surface area contributed by atoms with Gasteiger partial charge in [-0.3, -0.25) is 9.59 Å². The number of thioether (sulfide) groups is 1. The van der Waals surface area contributed by atoms with Crippen LogP contribution >= 0.6 is 23.4 Å². The standard InChI is InChI=1S/C30H32ClNO7S/c1-19(2)25-17-38-27-14-28(37-10-7-11-40-18-29(34)39-16-20-8-5-4-6-9-20)23(31)12-21(27)24-13-26(33)22(15-32(24)25)30(35)36-3/h4-6,8-9,12-15,19,25H,7,10-11,16-18H2,1-3H3/t25-/m0/s1. The van der Waals surface area contributed by atoms with E-state index in [0.717, 1.165) is 5.56 Å². The maximum atomic E-state index is 12.8. The molecule has 3 aromatic rings. The number of fused-ring (bicyclic) bond motifs is 3. The number of hydrogen-bond acceptors (Lipinski definition) is 8. The van der Waals surface area contributed by atoms with Gasteiger partial charge in [0.05, 0.1) is 36.2 Å². The molecule has 0 saturated heterocycles. The minimum absolute atomic E-state index is 0.0336. The van der Waals surface area contributed by atoms with Crippen molar-refractivity contribution in [3.63, 3.8) is 0 Å². The summed E-state index contributed by atoms with van der Waals surface area (Å²) < 4.78 is 24.1. The first-order valence-electron chi connectivity index (χ1n) is 13.0. The van der Waals surface area contributed by atoms with Gasteiger partial charge in [-0.1, -0.05) is 55.8 Å². The van der Waals surface area contributed by atoms with E-state index >= 15 is 0 Å². The lowest BCUT2D eigenvalue weighted by atomic mass is 10.0. The average molecular weight is 586 g/mol. The molecule has 0 N–H and O–H groups in total. The van der Waals surface area contributed by atoms with E-state index in [1.807, 2.05) is 48.7 Å². The van der Waals surface area contributed by atoms with Crippen LogP contribution in [0.25, 0.3) is 11.3 Å². The Balaban J connectivity index is 1.38. The average Bonchev–Trinajstić information content (AvgIpc) is 3.09. The van der Waals surface area contributed by atoms with Crippen molar-refractivity contribution in [2.24, 2.45) is 5.92 Å². The largest absolute Gasteiger partial charge is 0.492 e. The minimum atomic E-state index is -0.683. The Morgan fingerprint density at radius 3 is 2.67 bits per heavy atom. The van der Waals surface area contributed by atoms with E-state index in [4.69, 9.17) is 30.5 Å². The molecule has 0 saturated carbocycles. The molecule has 0 spiro atoms. The van der Waals surface area contributed by atoms with E-state index in [1.165, 1.54) is 24.9 Å². The lowest BCUT2D eigenvalue weighted by molar-refractivity contribution is -0.141. The molecule has 1 aliphatic heterocycles. The van der Waals surface area contributed by atoms with Crippen LogP contribution in [0, 0.1) is 5.92 Å². The fourth-order valence-electron chi connectivity index (χ4n) is 4.32. The summed E-state index contributed by atoms with van der Waals surface area (Å²) in [5.41, 5.74) is 1.73. The van der Waals surface area contributed by atoms with Crippen molar-refractivity contribution < 1.29 is 28.5 Å². The maximum Gasteiger partial charge on any atom is 0.343 e. The molecule has 0 amide bonds. The molecule has 0 aliphatic carbocycles. The first-order valence-corrected chi connectivity index (χ1v) is 14.5. The van der Waals surface area contributed by atoms with Gasteiger partial charge in [0.25, 0.3) is 0 Å². The molecule has 40 heavy (non-hydrogen) atoms. The molecule has 10 heteroatoms. The van der Waals surface area contributed by atoms with Crippen LogP contribution in [0.3, 0.4) is 0 Å². The lowest BCUT2D eigenvalue weighted by Gasteiger charge is -2.24. The van der Waals surface area contributed by atoms with Crippen LogP contribution in [-0.4, -0.2) is 48.3 Å². The van der Waals surface area contributed by atoms with Crippen LogP contribution in [0.4, 0.5) is 0 Å². The number of benzene rings is 2. The normalized spacial score (nSPS) is 14.0. The highest BCUT2D eigenvalue weighted by Gasteiger charge is 2.28. The number of halogens is 1. The Morgan fingerprint density at radius 2 is 1.95 bits per heavy atom. The monoisotopic (exact) mass is 585 g/mol. The van der Waals surface area contributed by atoms with Crippen molar-refractivity contribution in [2.45, 2.75) is 32.9 Å². The topological polar surface area (TPSA) is 93.1 Å². The van der Waals surface area contributed by atoms with Crippen LogP contribution in [0.15, 0.2) is 59.5 Å². The summed E-state index contributed by atoms with van der Waals surface area (Å²) in [5.74, 6) is 1.21. The zero-order chi connectivity index (χ0) is 28.6. The van der Waals surface area contributed by atoms with Gasteiger partial charge in [0.15, 0.2) is 5.43 Å². The smallest absolute Gasteiger partial charge is 0.343 e. The molecule has 8 nitrogen and oxygen atoms in total. The summed E-state index contributed by atoms with van der Waals surface area (Å²) in [6, 6.07) is 14.3. The molecule has 0 unspecified atom stereocenters. The Labute approximate surface area is 242 Å². The summed E-state index contributed by atoms with van der Waals surface area (Å²) in [7, 11) is 1.25. The predicted molar refractivity (Wildman–Crippen MR) is 156 cm³/mol. The van der Waals surface area contributed by atoms with Crippen molar-refractivity contribution in [1.29, 1.82) is 0 Å². The number of aromatic nitrogens is 1. The van der Waals surface area contributed by atoms with Crippen molar-refractivity contribution >= 4 is 35.3 Å². The molecular weight excluding hydrogens is 554 g/mol. The first kappa shape index (κ1) is 29.6. The van der Waals surface area contributed by atoms with Gasteiger partial charge in [0, 0.05) is 23.9 Å². The Morgan fingerprint density at radius 1 is 1.18 bits per heavy atom. The summed E-state index contributed by atoms with van der Waals surface area (Å²) in [6.07, 6.45) is 2.24. The molecule has 2 aromatic carbocycles. The highest BCUT2D eigenvalue weighted by Crippen LogP contribution is 2.42. The van der Waals surface area contributed by atoms with E-state index in [2.05, 4.69) is 0 Å². The zero-order valence-electron chi connectivity index (χ0n) is 22.7. The number of esters is 2. The van der Waals surface area contributed by atoms with E-state index in [-0.39, 0.29) is 35.9 Å². The number of carbonyl (C=O) groups is 2. The van der Waals surface area contributed by atoms with Gasteiger partial charge < -0.3 is 23.5 Å². The number of methoxy groups -OCH3 is 1. The first-order chi connectivity index (χ1) is 19.3. The highest BCUT2D eigenvalue weighted by molar-refractivity contribution is 7.99. The number of carbonyl (C=O) groups excluding carboxylic acids is 2. The van der Waals surface area contributed by atoms with Gasteiger partial charge >= 0.3 is 11.9 Å². The number of rotatable bonds is 11. The summed E-state index contributed by atoms with van der Waals surface area (Å²) >= 11 is 8.07. The highest BCUT2D eigenvalue weighted by atomic mass is 35.5. The Kier molecular flexibility index (Phi) is 10.2. The molecule has 2 heterocycles. The number of ether oxygens (including phenoxy) is 4. The summed E-state index contributed by atoms with van der Waals surface area (Å²) in [4.78, 5) is 36.9. The molecule has 1 aliphatic rings. The van der Waals surface area contributed by atoms with Crippen LogP contribution in [0.2, 0.25) is 5.02 Å². The van der Waals surface area contributed by atoms with Gasteiger partial charge in [-0.05, 0) is 29.7 Å². The zero-order valence-corrected chi connectivity index (χ0v) is 24.3. The molecule has 1 aromatic heterocycles. The maximum absolute atomic E-state index is 12.8.